The van der Waals surface area contributed by atoms with Crippen molar-refractivity contribution in [3.63, 3.8) is 0 Å². The van der Waals surface area contributed by atoms with Crippen LogP contribution < -0.4 is 20.1 Å². The lowest BCUT2D eigenvalue weighted by atomic mass is 10.2. The van der Waals surface area contributed by atoms with Crippen molar-refractivity contribution in [1.82, 2.24) is 4.98 Å². The molecular formula is C16H18ClN3O3. The molecule has 0 saturated carbocycles. The summed E-state index contributed by atoms with van der Waals surface area (Å²) >= 11 is 6.08. The molecule has 0 saturated heterocycles. The van der Waals surface area contributed by atoms with E-state index >= 15 is 0 Å². The third-order valence-corrected chi connectivity index (χ3v) is 3.40. The molecule has 122 valence electrons. The molecule has 0 atom stereocenters. The summed E-state index contributed by atoms with van der Waals surface area (Å²) in [6.07, 6.45) is 2.00. The normalized spacial score (nSPS) is 10.1. The third-order valence-electron chi connectivity index (χ3n) is 3.11. The average molecular weight is 336 g/mol. The minimum Gasteiger partial charge on any atom is -0.495 e. The molecule has 6 nitrogen and oxygen atoms in total. The number of anilines is 3. The molecule has 23 heavy (non-hydrogen) atoms. The fourth-order valence-electron chi connectivity index (χ4n) is 1.89. The molecular weight excluding hydrogens is 318 g/mol. The summed E-state index contributed by atoms with van der Waals surface area (Å²) in [5.74, 6) is 1.64. The molecule has 1 aromatic carbocycles. The Morgan fingerprint density at radius 2 is 1.96 bits per heavy atom. The summed E-state index contributed by atoms with van der Waals surface area (Å²) < 4.78 is 10.5. The zero-order chi connectivity index (χ0) is 16.8. The van der Waals surface area contributed by atoms with Crippen LogP contribution in [-0.2, 0) is 4.79 Å². The van der Waals surface area contributed by atoms with Gasteiger partial charge in [-0.3, -0.25) is 4.79 Å². The first kappa shape index (κ1) is 16.9. The number of rotatable bonds is 6. The molecule has 2 rings (SSSR count). The van der Waals surface area contributed by atoms with Crippen LogP contribution in [0.25, 0.3) is 0 Å². The molecule has 2 aromatic rings. The number of carbonyl (C=O) groups is 1. The van der Waals surface area contributed by atoms with Crippen LogP contribution in [0.3, 0.4) is 0 Å². The average Bonchev–Trinajstić information content (AvgIpc) is 2.57. The lowest BCUT2D eigenvalue weighted by Crippen LogP contribution is -2.09. The van der Waals surface area contributed by atoms with Gasteiger partial charge in [0.2, 0.25) is 5.91 Å². The van der Waals surface area contributed by atoms with Gasteiger partial charge in [0.25, 0.3) is 0 Å². The van der Waals surface area contributed by atoms with Gasteiger partial charge in [0.05, 0.1) is 36.8 Å². The molecule has 0 radical (unpaired) electrons. The first-order valence-electron chi connectivity index (χ1n) is 7.01. The minimum absolute atomic E-state index is 0.0587. The summed E-state index contributed by atoms with van der Waals surface area (Å²) in [7, 11) is 3.10. The van der Waals surface area contributed by atoms with Gasteiger partial charge in [0.1, 0.15) is 17.3 Å². The number of ether oxygens (including phenoxy) is 2. The van der Waals surface area contributed by atoms with Crippen molar-refractivity contribution in [2.24, 2.45) is 0 Å². The maximum Gasteiger partial charge on any atom is 0.224 e. The molecule has 7 heteroatoms. The zero-order valence-electron chi connectivity index (χ0n) is 13.1. The highest BCUT2D eigenvalue weighted by Crippen LogP contribution is 2.37. The SMILES string of the molecule is CCC(=O)Nc1ccc(Nc2cc(OC)c(Cl)cc2OC)nc1. The van der Waals surface area contributed by atoms with Crippen LogP contribution in [0.1, 0.15) is 13.3 Å². The van der Waals surface area contributed by atoms with Crippen molar-refractivity contribution in [2.45, 2.75) is 13.3 Å². The van der Waals surface area contributed by atoms with Crippen LogP contribution in [0, 0.1) is 0 Å². The number of carbonyl (C=O) groups excluding carboxylic acids is 1. The van der Waals surface area contributed by atoms with E-state index in [0.717, 1.165) is 0 Å². The molecule has 0 spiro atoms. The highest BCUT2D eigenvalue weighted by Gasteiger charge is 2.10. The fourth-order valence-corrected chi connectivity index (χ4v) is 2.12. The van der Waals surface area contributed by atoms with Crippen molar-refractivity contribution in [3.8, 4) is 11.5 Å². The monoisotopic (exact) mass is 335 g/mol. The Morgan fingerprint density at radius 1 is 1.22 bits per heavy atom. The van der Waals surface area contributed by atoms with E-state index in [1.165, 1.54) is 0 Å². The Bertz CT molecular complexity index is 690. The van der Waals surface area contributed by atoms with Gasteiger partial charge in [-0.15, -0.1) is 0 Å². The van der Waals surface area contributed by atoms with E-state index in [1.807, 2.05) is 0 Å². The second-order valence-corrected chi connectivity index (χ2v) is 5.05. The molecule has 0 aliphatic heterocycles. The molecule has 0 bridgehead atoms. The Morgan fingerprint density at radius 3 is 2.52 bits per heavy atom. The van der Waals surface area contributed by atoms with E-state index in [9.17, 15) is 4.79 Å². The maximum absolute atomic E-state index is 11.3. The first-order chi connectivity index (χ1) is 11.1. The van der Waals surface area contributed by atoms with Crippen molar-refractivity contribution in [3.05, 3.63) is 35.5 Å². The molecule has 1 aromatic heterocycles. The molecule has 1 amide bonds. The number of nitrogens with zero attached hydrogens (tertiary/aromatic N) is 1. The van der Waals surface area contributed by atoms with Gasteiger partial charge in [0, 0.05) is 18.6 Å². The van der Waals surface area contributed by atoms with Gasteiger partial charge in [-0.1, -0.05) is 18.5 Å². The lowest BCUT2D eigenvalue weighted by molar-refractivity contribution is -0.115. The highest BCUT2D eigenvalue weighted by molar-refractivity contribution is 6.32. The van der Waals surface area contributed by atoms with E-state index in [1.54, 1.807) is 51.6 Å². The van der Waals surface area contributed by atoms with Gasteiger partial charge in [0.15, 0.2) is 0 Å². The summed E-state index contributed by atoms with van der Waals surface area (Å²) in [4.78, 5) is 15.6. The second-order valence-electron chi connectivity index (χ2n) is 4.65. The number of pyridine rings is 1. The summed E-state index contributed by atoms with van der Waals surface area (Å²) in [5.41, 5.74) is 1.31. The number of aromatic nitrogens is 1. The van der Waals surface area contributed by atoms with Crippen molar-refractivity contribution >= 4 is 34.7 Å². The van der Waals surface area contributed by atoms with Crippen molar-refractivity contribution < 1.29 is 14.3 Å². The third kappa shape index (κ3) is 4.26. The Hall–Kier alpha value is -2.47. The number of hydrogen-bond donors (Lipinski definition) is 2. The van der Waals surface area contributed by atoms with Crippen LogP contribution in [0.15, 0.2) is 30.5 Å². The number of amides is 1. The van der Waals surface area contributed by atoms with Gasteiger partial charge >= 0.3 is 0 Å². The lowest BCUT2D eigenvalue weighted by Gasteiger charge is -2.13. The van der Waals surface area contributed by atoms with Gasteiger partial charge < -0.3 is 20.1 Å². The second kappa shape index (κ2) is 7.69. The van der Waals surface area contributed by atoms with Crippen LogP contribution in [0.2, 0.25) is 5.02 Å². The molecule has 2 N–H and O–H groups in total. The first-order valence-corrected chi connectivity index (χ1v) is 7.39. The largest absolute Gasteiger partial charge is 0.495 e. The van der Waals surface area contributed by atoms with E-state index in [2.05, 4.69) is 15.6 Å². The van der Waals surface area contributed by atoms with Crippen LogP contribution in [0.5, 0.6) is 11.5 Å². The Labute approximate surface area is 139 Å². The fraction of sp³-hybridized carbons (Fsp3) is 0.250. The number of halogens is 1. The van der Waals surface area contributed by atoms with Crippen LogP contribution in [-0.4, -0.2) is 25.1 Å². The summed E-state index contributed by atoms with van der Waals surface area (Å²) in [6.45, 7) is 1.79. The Kier molecular flexibility index (Phi) is 5.65. The topological polar surface area (TPSA) is 72.5 Å². The molecule has 0 aliphatic rings. The molecule has 0 aliphatic carbocycles. The van der Waals surface area contributed by atoms with Crippen molar-refractivity contribution in [1.29, 1.82) is 0 Å². The predicted octanol–water partition coefficient (Wildman–Crippen LogP) is 3.84. The predicted molar refractivity (Wildman–Crippen MR) is 91.0 cm³/mol. The van der Waals surface area contributed by atoms with Crippen molar-refractivity contribution in [2.75, 3.05) is 24.9 Å². The zero-order valence-corrected chi connectivity index (χ0v) is 13.9. The highest BCUT2D eigenvalue weighted by atomic mass is 35.5. The van der Waals surface area contributed by atoms with E-state index in [0.29, 0.717) is 40.1 Å². The minimum atomic E-state index is -0.0587. The van der Waals surface area contributed by atoms with Crippen LogP contribution in [0.4, 0.5) is 17.2 Å². The maximum atomic E-state index is 11.3. The standard InChI is InChI=1S/C16H18ClN3O3/c1-4-16(21)19-10-5-6-15(18-9-10)20-12-8-13(22-2)11(17)7-14(12)23-3/h5-9H,4H2,1-3H3,(H,18,20)(H,19,21). The van der Waals surface area contributed by atoms with Gasteiger partial charge in [-0.2, -0.15) is 0 Å². The van der Waals surface area contributed by atoms with Gasteiger partial charge in [-0.25, -0.2) is 4.98 Å². The Balaban J connectivity index is 2.20. The van der Waals surface area contributed by atoms with Gasteiger partial charge in [-0.05, 0) is 12.1 Å². The summed E-state index contributed by atoms with van der Waals surface area (Å²) in [5, 5.41) is 6.33. The van der Waals surface area contributed by atoms with E-state index in [4.69, 9.17) is 21.1 Å². The molecule has 0 fully saturated rings. The quantitative estimate of drug-likeness (QED) is 0.839. The molecule has 1 heterocycles. The molecule has 0 unspecified atom stereocenters. The number of nitrogens with one attached hydrogen (secondary N) is 2. The smallest absolute Gasteiger partial charge is 0.224 e. The summed E-state index contributed by atoms with van der Waals surface area (Å²) in [6, 6.07) is 6.92. The number of hydrogen-bond acceptors (Lipinski definition) is 5. The van der Waals surface area contributed by atoms with Crippen LogP contribution >= 0.6 is 11.6 Å². The number of benzene rings is 1. The van der Waals surface area contributed by atoms with E-state index < -0.39 is 0 Å². The number of methoxy groups -OCH3 is 2. The van der Waals surface area contributed by atoms with E-state index in [-0.39, 0.29) is 5.91 Å².